The summed E-state index contributed by atoms with van der Waals surface area (Å²) in [6.45, 7) is 1.93. The van der Waals surface area contributed by atoms with Crippen LogP contribution >= 0.6 is 0 Å². The molecule has 7 heteroatoms. The molecule has 1 aliphatic rings. The van der Waals surface area contributed by atoms with Crippen molar-refractivity contribution in [2.75, 3.05) is 13.2 Å². The number of hydrogen-bond acceptors (Lipinski definition) is 5. The van der Waals surface area contributed by atoms with Crippen LogP contribution in [0.2, 0.25) is 0 Å². The first-order valence-corrected chi connectivity index (χ1v) is 10.5. The van der Waals surface area contributed by atoms with E-state index in [0.29, 0.717) is 18.9 Å². The minimum absolute atomic E-state index is 0.0696. The van der Waals surface area contributed by atoms with E-state index in [0.717, 1.165) is 22.4 Å². The van der Waals surface area contributed by atoms with Crippen LogP contribution < -0.4 is 10.1 Å². The van der Waals surface area contributed by atoms with Crippen LogP contribution in [0.5, 0.6) is 5.75 Å². The van der Waals surface area contributed by atoms with Crippen LogP contribution in [0.25, 0.3) is 11.1 Å². The summed E-state index contributed by atoms with van der Waals surface area (Å²) in [6.07, 6.45) is 3.08. The van der Waals surface area contributed by atoms with E-state index in [4.69, 9.17) is 4.74 Å². The first-order valence-electron chi connectivity index (χ1n) is 10.5. The molecule has 1 saturated heterocycles. The molecular formula is C25H25N3O4. The summed E-state index contributed by atoms with van der Waals surface area (Å²) in [5.74, 6) is 7.45. The zero-order chi connectivity index (χ0) is 22.5. The first-order chi connectivity index (χ1) is 15.5. The number of ether oxygens (including phenoxy) is 1. The summed E-state index contributed by atoms with van der Waals surface area (Å²) < 4.78 is 7.40. The summed E-state index contributed by atoms with van der Waals surface area (Å²) in [4.78, 5) is 15.1. The highest BCUT2D eigenvalue weighted by atomic mass is 16.5. The minimum atomic E-state index is -0.740. The SMILES string of the molecule is C[C@H](O)c1nccn1[C@@H](C#Cc1ccc(-c2ccc(OC[C@@H]3CC(=O)N3)cc2)cc1)CO. The van der Waals surface area contributed by atoms with E-state index in [9.17, 15) is 15.0 Å². The maximum Gasteiger partial charge on any atom is 0.222 e. The Kier molecular flexibility index (Phi) is 6.55. The molecule has 7 nitrogen and oxygen atoms in total. The molecule has 32 heavy (non-hydrogen) atoms. The van der Waals surface area contributed by atoms with Crippen LogP contribution in [0.1, 0.15) is 36.9 Å². The van der Waals surface area contributed by atoms with E-state index in [1.165, 1.54) is 0 Å². The van der Waals surface area contributed by atoms with Gasteiger partial charge in [0.25, 0.3) is 0 Å². The average Bonchev–Trinajstić information content (AvgIpc) is 3.27. The average molecular weight is 431 g/mol. The van der Waals surface area contributed by atoms with Crippen LogP contribution in [-0.4, -0.2) is 44.9 Å². The quantitative estimate of drug-likeness (QED) is 0.395. The minimum Gasteiger partial charge on any atom is -0.491 e. The van der Waals surface area contributed by atoms with Gasteiger partial charge in [0.1, 0.15) is 30.3 Å². The second kappa shape index (κ2) is 9.69. The second-order valence-corrected chi connectivity index (χ2v) is 7.72. The fraction of sp³-hybridized carbons (Fsp3) is 0.280. The Hall–Kier alpha value is -3.60. The van der Waals surface area contributed by atoms with Gasteiger partial charge in [0.15, 0.2) is 0 Å². The number of amides is 1. The van der Waals surface area contributed by atoms with Crippen LogP contribution in [0.3, 0.4) is 0 Å². The third kappa shape index (κ3) is 4.99. The number of β-lactam (4-membered cyclic amide) rings is 1. The predicted octanol–water partition coefficient (Wildman–Crippen LogP) is 2.46. The predicted molar refractivity (Wildman–Crippen MR) is 120 cm³/mol. The Balaban J connectivity index is 1.40. The van der Waals surface area contributed by atoms with Crippen LogP contribution in [0.15, 0.2) is 60.9 Å². The van der Waals surface area contributed by atoms with Gasteiger partial charge >= 0.3 is 0 Å². The van der Waals surface area contributed by atoms with Crippen molar-refractivity contribution in [2.24, 2.45) is 0 Å². The molecule has 164 valence electrons. The molecule has 0 saturated carbocycles. The van der Waals surface area contributed by atoms with Crippen molar-refractivity contribution in [3.63, 3.8) is 0 Å². The van der Waals surface area contributed by atoms with Gasteiger partial charge in [-0.05, 0) is 42.3 Å². The topological polar surface area (TPSA) is 96.6 Å². The third-order valence-electron chi connectivity index (χ3n) is 5.28. The van der Waals surface area contributed by atoms with Gasteiger partial charge in [-0.2, -0.15) is 0 Å². The Bertz CT molecular complexity index is 1120. The maximum atomic E-state index is 10.9. The van der Waals surface area contributed by atoms with Crippen molar-refractivity contribution in [1.29, 1.82) is 0 Å². The van der Waals surface area contributed by atoms with Gasteiger partial charge in [-0.1, -0.05) is 36.1 Å². The molecule has 2 heterocycles. The van der Waals surface area contributed by atoms with Crippen LogP contribution in [0.4, 0.5) is 0 Å². The van der Waals surface area contributed by atoms with Gasteiger partial charge in [-0.25, -0.2) is 4.98 Å². The lowest BCUT2D eigenvalue weighted by Gasteiger charge is -2.26. The van der Waals surface area contributed by atoms with Gasteiger partial charge in [0, 0.05) is 18.0 Å². The highest BCUT2D eigenvalue weighted by Crippen LogP contribution is 2.23. The summed E-state index contributed by atoms with van der Waals surface area (Å²) >= 11 is 0. The maximum absolute atomic E-state index is 10.9. The number of carbonyl (C=O) groups excluding carboxylic acids is 1. The largest absolute Gasteiger partial charge is 0.491 e. The van der Waals surface area contributed by atoms with E-state index in [-0.39, 0.29) is 18.6 Å². The molecule has 0 unspecified atom stereocenters. The summed E-state index contributed by atoms with van der Waals surface area (Å²) in [7, 11) is 0. The number of hydrogen-bond donors (Lipinski definition) is 3. The first kappa shape index (κ1) is 21.6. The molecule has 1 aromatic heterocycles. The molecule has 3 N–H and O–H groups in total. The number of imidazole rings is 1. The van der Waals surface area contributed by atoms with Crippen LogP contribution in [-0.2, 0) is 4.79 Å². The Morgan fingerprint density at radius 1 is 1.19 bits per heavy atom. The second-order valence-electron chi connectivity index (χ2n) is 7.72. The molecule has 0 radical (unpaired) electrons. The Morgan fingerprint density at radius 2 is 1.84 bits per heavy atom. The molecule has 3 aromatic rings. The molecule has 1 fully saturated rings. The number of aliphatic hydroxyl groups excluding tert-OH is 2. The van der Waals surface area contributed by atoms with Crippen LogP contribution in [0, 0.1) is 11.8 Å². The van der Waals surface area contributed by atoms with Gasteiger partial charge in [-0.3, -0.25) is 4.79 Å². The highest BCUT2D eigenvalue weighted by molar-refractivity contribution is 5.82. The molecule has 0 bridgehead atoms. The third-order valence-corrected chi connectivity index (χ3v) is 5.28. The Morgan fingerprint density at radius 3 is 2.44 bits per heavy atom. The van der Waals surface area contributed by atoms with Gasteiger partial charge < -0.3 is 24.8 Å². The summed E-state index contributed by atoms with van der Waals surface area (Å²) in [6, 6.07) is 15.3. The molecule has 1 amide bonds. The molecule has 3 atom stereocenters. The smallest absolute Gasteiger partial charge is 0.222 e. The normalized spacial score (nSPS) is 16.8. The van der Waals surface area contributed by atoms with Crippen molar-refractivity contribution in [2.45, 2.75) is 31.5 Å². The number of nitrogens with zero attached hydrogens (tertiary/aromatic N) is 2. The number of carbonyl (C=O) groups is 1. The highest BCUT2D eigenvalue weighted by Gasteiger charge is 2.25. The molecule has 0 spiro atoms. The van der Waals surface area contributed by atoms with E-state index in [1.807, 2.05) is 48.5 Å². The standard InChI is InChI=1S/C25H25N3O4/c1-17(30)25-26-12-13-28(25)22(15-29)9-4-18-2-5-19(6-3-18)20-7-10-23(11-8-20)32-16-21-14-24(31)27-21/h2-3,5-8,10-13,17,21-22,29-30H,14-16H2,1H3,(H,27,31)/t17-,21-,22-/m0/s1. The molecule has 0 aliphatic carbocycles. The van der Waals surface area contributed by atoms with E-state index in [2.05, 4.69) is 22.1 Å². The van der Waals surface area contributed by atoms with Crippen molar-refractivity contribution in [1.82, 2.24) is 14.9 Å². The van der Waals surface area contributed by atoms with Crippen molar-refractivity contribution < 1.29 is 19.7 Å². The van der Waals surface area contributed by atoms with Gasteiger partial charge in [-0.15, -0.1) is 0 Å². The summed E-state index contributed by atoms with van der Waals surface area (Å²) in [5.41, 5.74) is 2.94. The lowest BCUT2D eigenvalue weighted by atomic mass is 10.0. The number of aliphatic hydroxyl groups is 2. The number of aromatic nitrogens is 2. The lowest BCUT2D eigenvalue weighted by molar-refractivity contribution is -0.128. The lowest BCUT2D eigenvalue weighted by Crippen LogP contribution is -2.51. The molecule has 4 rings (SSSR count). The zero-order valence-corrected chi connectivity index (χ0v) is 17.7. The molecule has 2 aromatic carbocycles. The number of nitrogens with one attached hydrogen (secondary N) is 1. The fourth-order valence-corrected chi connectivity index (χ4v) is 3.50. The number of benzene rings is 2. The van der Waals surface area contributed by atoms with E-state index < -0.39 is 12.1 Å². The molecular weight excluding hydrogens is 406 g/mol. The summed E-state index contributed by atoms with van der Waals surface area (Å²) in [5, 5.41) is 22.3. The van der Waals surface area contributed by atoms with E-state index in [1.54, 1.807) is 23.9 Å². The van der Waals surface area contributed by atoms with E-state index >= 15 is 0 Å². The van der Waals surface area contributed by atoms with Crippen molar-refractivity contribution in [3.05, 3.63) is 72.3 Å². The molecule has 1 aliphatic heterocycles. The van der Waals surface area contributed by atoms with Crippen molar-refractivity contribution in [3.8, 4) is 28.7 Å². The van der Waals surface area contributed by atoms with Crippen molar-refractivity contribution >= 4 is 5.91 Å². The monoisotopic (exact) mass is 431 g/mol. The van der Waals surface area contributed by atoms with Gasteiger partial charge in [0.05, 0.1) is 19.1 Å². The number of rotatable bonds is 7. The Labute approximate surface area is 186 Å². The van der Waals surface area contributed by atoms with Gasteiger partial charge in [0.2, 0.25) is 5.91 Å². The zero-order valence-electron chi connectivity index (χ0n) is 17.7. The fourth-order valence-electron chi connectivity index (χ4n) is 3.50.